The van der Waals surface area contributed by atoms with Crippen molar-refractivity contribution in [1.29, 1.82) is 0 Å². The van der Waals surface area contributed by atoms with E-state index in [0.717, 1.165) is 22.8 Å². The normalized spacial score (nSPS) is 10.9. The zero-order valence-electron chi connectivity index (χ0n) is 11.1. The fraction of sp³-hybridized carbons (Fsp3) is 0.333. The van der Waals surface area contributed by atoms with Crippen LogP contribution in [0.3, 0.4) is 0 Å². The van der Waals surface area contributed by atoms with Gasteiger partial charge in [-0.15, -0.1) is 0 Å². The molecule has 2 rings (SSSR count). The quantitative estimate of drug-likeness (QED) is 0.894. The van der Waals surface area contributed by atoms with Gasteiger partial charge in [-0.25, -0.2) is 9.97 Å². The lowest BCUT2D eigenvalue weighted by molar-refractivity contribution is 0.571. The minimum Gasteiger partial charge on any atom is -0.308 e. The minimum atomic E-state index is 0.439. The molecule has 0 fully saturated rings. The Bertz CT molecular complexity index is 506. The Morgan fingerprint density at radius 2 is 1.83 bits per heavy atom. The van der Waals surface area contributed by atoms with Crippen LogP contribution in [0.4, 0.5) is 0 Å². The molecule has 2 aromatic rings. The molecule has 0 saturated heterocycles. The molecule has 0 radical (unpaired) electrons. The first-order valence-electron chi connectivity index (χ1n) is 6.28. The maximum absolute atomic E-state index is 4.60. The summed E-state index contributed by atoms with van der Waals surface area (Å²) in [5.41, 5.74) is 3.13. The molecule has 1 N–H and O–H groups in total. The van der Waals surface area contributed by atoms with Crippen LogP contribution in [-0.2, 0) is 6.54 Å². The Morgan fingerprint density at radius 1 is 1.11 bits per heavy atom. The van der Waals surface area contributed by atoms with Crippen LogP contribution in [0.25, 0.3) is 11.3 Å². The van der Waals surface area contributed by atoms with E-state index in [1.54, 1.807) is 0 Å². The highest BCUT2D eigenvalue weighted by molar-refractivity contribution is 5.58. The van der Waals surface area contributed by atoms with Gasteiger partial charge in [0, 0.05) is 17.3 Å². The van der Waals surface area contributed by atoms with Gasteiger partial charge in [-0.1, -0.05) is 44.2 Å². The number of nitrogens with zero attached hydrogens (tertiary/aromatic N) is 2. The molecule has 1 heterocycles. The van der Waals surface area contributed by atoms with E-state index in [1.165, 1.54) is 0 Å². The zero-order valence-corrected chi connectivity index (χ0v) is 11.1. The van der Waals surface area contributed by atoms with E-state index in [9.17, 15) is 0 Å². The van der Waals surface area contributed by atoms with Crippen molar-refractivity contribution >= 4 is 0 Å². The van der Waals surface area contributed by atoms with Crippen LogP contribution in [0.15, 0.2) is 36.4 Å². The topological polar surface area (TPSA) is 37.8 Å². The summed E-state index contributed by atoms with van der Waals surface area (Å²) in [4.78, 5) is 9.06. The van der Waals surface area contributed by atoms with Gasteiger partial charge in [0.15, 0.2) is 0 Å². The Kier molecular flexibility index (Phi) is 4.05. The monoisotopic (exact) mass is 241 g/mol. The average Bonchev–Trinajstić information content (AvgIpc) is 2.37. The highest BCUT2D eigenvalue weighted by Gasteiger charge is 2.04. The molecule has 0 aliphatic heterocycles. The van der Waals surface area contributed by atoms with E-state index in [2.05, 4.69) is 41.3 Å². The molecule has 94 valence electrons. The molecule has 0 aliphatic carbocycles. The van der Waals surface area contributed by atoms with Crippen LogP contribution in [-0.4, -0.2) is 16.0 Å². The average molecular weight is 241 g/mol. The van der Waals surface area contributed by atoms with Crippen LogP contribution in [0.5, 0.6) is 0 Å². The Hall–Kier alpha value is -1.74. The first-order valence-corrected chi connectivity index (χ1v) is 6.28. The number of hydrogen-bond donors (Lipinski definition) is 1. The molecule has 0 bridgehead atoms. The Morgan fingerprint density at radius 3 is 2.50 bits per heavy atom. The minimum absolute atomic E-state index is 0.439. The second-order valence-electron chi connectivity index (χ2n) is 4.71. The molecule has 18 heavy (non-hydrogen) atoms. The third-order valence-electron chi connectivity index (χ3n) is 2.64. The molecular formula is C15H19N3. The second-order valence-corrected chi connectivity index (χ2v) is 4.71. The molecule has 1 aromatic heterocycles. The van der Waals surface area contributed by atoms with E-state index in [1.807, 2.05) is 31.2 Å². The molecule has 0 unspecified atom stereocenters. The fourth-order valence-corrected chi connectivity index (χ4v) is 1.76. The van der Waals surface area contributed by atoms with Crippen molar-refractivity contribution < 1.29 is 0 Å². The van der Waals surface area contributed by atoms with Crippen LogP contribution in [0, 0.1) is 6.92 Å². The summed E-state index contributed by atoms with van der Waals surface area (Å²) in [6, 6.07) is 12.7. The fourth-order valence-electron chi connectivity index (χ4n) is 1.76. The number of rotatable bonds is 4. The van der Waals surface area contributed by atoms with Crippen molar-refractivity contribution in [3.63, 3.8) is 0 Å². The molecule has 1 aromatic carbocycles. The van der Waals surface area contributed by atoms with Crippen LogP contribution in [0.2, 0.25) is 0 Å². The molecule has 3 nitrogen and oxygen atoms in total. The summed E-state index contributed by atoms with van der Waals surface area (Å²) in [7, 11) is 0. The van der Waals surface area contributed by atoms with Gasteiger partial charge < -0.3 is 5.32 Å². The standard InChI is InChI=1S/C15H19N3/c1-11(2)16-10-15-17-12(3)9-14(18-15)13-7-5-4-6-8-13/h4-9,11,16H,10H2,1-3H3. The zero-order chi connectivity index (χ0) is 13.0. The van der Waals surface area contributed by atoms with Gasteiger partial charge in [0.05, 0.1) is 12.2 Å². The van der Waals surface area contributed by atoms with Gasteiger partial charge in [-0.2, -0.15) is 0 Å². The Balaban J connectivity index is 2.27. The van der Waals surface area contributed by atoms with Gasteiger partial charge in [-0.3, -0.25) is 0 Å². The molecule has 0 atom stereocenters. The number of nitrogens with one attached hydrogen (secondary N) is 1. The van der Waals surface area contributed by atoms with E-state index in [-0.39, 0.29) is 0 Å². The van der Waals surface area contributed by atoms with E-state index in [0.29, 0.717) is 12.6 Å². The molecule has 0 amide bonds. The predicted molar refractivity (Wildman–Crippen MR) is 74.2 cm³/mol. The van der Waals surface area contributed by atoms with E-state index >= 15 is 0 Å². The van der Waals surface area contributed by atoms with E-state index < -0.39 is 0 Å². The van der Waals surface area contributed by atoms with Crippen molar-refractivity contribution in [3.05, 3.63) is 47.9 Å². The van der Waals surface area contributed by atoms with Crippen molar-refractivity contribution in [2.75, 3.05) is 0 Å². The van der Waals surface area contributed by atoms with Gasteiger partial charge in [0.1, 0.15) is 5.82 Å². The largest absolute Gasteiger partial charge is 0.308 e. The number of aryl methyl sites for hydroxylation is 1. The lowest BCUT2D eigenvalue weighted by atomic mass is 10.1. The summed E-state index contributed by atoms with van der Waals surface area (Å²) in [6.45, 7) is 6.95. The van der Waals surface area contributed by atoms with Crippen molar-refractivity contribution in [2.24, 2.45) is 0 Å². The van der Waals surface area contributed by atoms with Crippen molar-refractivity contribution in [3.8, 4) is 11.3 Å². The van der Waals surface area contributed by atoms with Crippen molar-refractivity contribution in [2.45, 2.75) is 33.4 Å². The first-order chi connectivity index (χ1) is 8.65. The molecule has 0 aliphatic rings. The van der Waals surface area contributed by atoms with Gasteiger partial charge >= 0.3 is 0 Å². The van der Waals surface area contributed by atoms with Crippen LogP contribution < -0.4 is 5.32 Å². The van der Waals surface area contributed by atoms with Gasteiger partial charge in [-0.05, 0) is 13.0 Å². The van der Waals surface area contributed by atoms with E-state index in [4.69, 9.17) is 0 Å². The summed E-state index contributed by atoms with van der Waals surface area (Å²) in [5, 5.41) is 3.34. The van der Waals surface area contributed by atoms with Crippen LogP contribution in [0.1, 0.15) is 25.4 Å². The van der Waals surface area contributed by atoms with Gasteiger partial charge in [0.25, 0.3) is 0 Å². The van der Waals surface area contributed by atoms with Crippen molar-refractivity contribution in [1.82, 2.24) is 15.3 Å². The highest BCUT2D eigenvalue weighted by atomic mass is 15.0. The maximum Gasteiger partial charge on any atom is 0.143 e. The molecule has 0 spiro atoms. The SMILES string of the molecule is Cc1cc(-c2ccccc2)nc(CNC(C)C)n1. The Labute approximate surface area is 108 Å². The predicted octanol–water partition coefficient (Wildman–Crippen LogP) is 2.95. The summed E-state index contributed by atoms with van der Waals surface area (Å²) >= 11 is 0. The third-order valence-corrected chi connectivity index (χ3v) is 2.64. The molecule has 3 heteroatoms. The second kappa shape index (κ2) is 5.74. The summed E-state index contributed by atoms with van der Waals surface area (Å²) in [5.74, 6) is 0.850. The molecular weight excluding hydrogens is 222 g/mol. The smallest absolute Gasteiger partial charge is 0.143 e. The lowest BCUT2D eigenvalue weighted by Crippen LogP contribution is -2.23. The number of benzene rings is 1. The summed E-state index contributed by atoms with van der Waals surface area (Å²) in [6.07, 6.45) is 0. The first kappa shape index (κ1) is 12.7. The van der Waals surface area contributed by atoms with Gasteiger partial charge in [0.2, 0.25) is 0 Å². The summed E-state index contributed by atoms with van der Waals surface area (Å²) < 4.78 is 0. The van der Waals surface area contributed by atoms with Crippen LogP contribution >= 0.6 is 0 Å². The molecule has 0 saturated carbocycles. The highest BCUT2D eigenvalue weighted by Crippen LogP contribution is 2.17. The lowest BCUT2D eigenvalue weighted by Gasteiger charge is -2.09. The third kappa shape index (κ3) is 3.37. The maximum atomic E-state index is 4.60. The number of aromatic nitrogens is 2. The number of hydrogen-bond acceptors (Lipinski definition) is 3.